The normalized spacial score (nSPS) is 18.7. The monoisotopic (exact) mass is 411 g/mol. The van der Waals surface area contributed by atoms with Crippen molar-refractivity contribution in [1.29, 1.82) is 0 Å². The molecule has 0 saturated carbocycles. The Labute approximate surface area is 163 Å². The van der Waals surface area contributed by atoms with E-state index in [1.54, 1.807) is 29.2 Å². The molecule has 1 aliphatic rings. The first-order chi connectivity index (χ1) is 12.7. The highest BCUT2D eigenvalue weighted by Gasteiger charge is 2.35. The summed E-state index contributed by atoms with van der Waals surface area (Å²) in [5, 5.41) is 12.8. The molecule has 1 atom stereocenters. The Balaban J connectivity index is 1.73. The van der Waals surface area contributed by atoms with Crippen LogP contribution in [0.5, 0.6) is 0 Å². The predicted octanol–water partition coefficient (Wildman–Crippen LogP) is 1.67. The minimum atomic E-state index is -3.07. The molecule has 0 radical (unpaired) electrons. The van der Waals surface area contributed by atoms with Crippen molar-refractivity contribution in [1.82, 2.24) is 25.1 Å². The van der Waals surface area contributed by atoms with Crippen LogP contribution in [0.15, 0.2) is 24.3 Å². The number of halogens is 1. The van der Waals surface area contributed by atoms with Crippen molar-refractivity contribution >= 4 is 27.3 Å². The third kappa shape index (κ3) is 5.04. The van der Waals surface area contributed by atoms with E-state index in [0.717, 1.165) is 5.56 Å². The summed E-state index contributed by atoms with van der Waals surface area (Å²) in [6, 6.07) is 6.73. The van der Waals surface area contributed by atoms with Crippen LogP contribution >= 0.6 is 11.6 Å². The van der Waals surface area contributed by atoms with Gasteiger partial charge in [-0.1, -0.05) is 25.4 Å². The van der Waals surface area contributed by atoms with E-state index in [1.165, 1.54) is 4.80 Å². The van der Waals surface area contributed by atoms with Crippen LogP contribution in [0.2, 0.25) is 5.02 Å². The molecule has 1 amide bonds. The largest absolute Gasteiger partial charge is 0.337 e. The molecule has 1 aliphatic heterocycles. The number of aromatic nitrogens is 4. The van der Waals surface area contributed by atoms with Gasteiger partial charge in [0, 0.05) is 23.2 Å². The van der Waals surface area contributed by atoms with Gasteiger partial charge in [0.1, 0.15) is 6.54 Å². The fraction of sp³-hybridized carbons (Fsp3) is 0.529. The lowest BCUT2D eigenvalue weighted by Crippen LogP contribution is -2.45. The summed E-state index contributed by atoms with van der Waals surface area (Å²) in [5.74, 6) is 0.573. The van der Waals surface area contributed by atoms with Gasteiger partial charge in [-0.15, -0.1) is 10.2 Å². The van der Waals surface area contributed by atoms with Crippen LogP contribution in [0.25, 0.3) is 11.4 Å². The first kappa shape index (κ1) is 19.8. The summed E-state index contributed by atoms with van der Waals surface area (Å²) in [5.41, 5.74) is 0.749. The van der Waals surface area contributed by atoms with Crippen molar-refractivity contribution in [2.24, 2.45) is 5.92 Å². The first-order valence-corrected chi connectivity index (χ1v) is 11.0. The number of nitrogens with zero attached hydrogens (tertiary/aromatic N) is 5. The molecule has 0 unspecified atom stereocenters. The Morgan fingerprint density at radius 1 is 1.33 bits per heavy atom. The standard InChI is InChI=1S/C17H22ClN5O3S/c1-12(2)9-22(15-7-8-27(25,26)11-15)16(24)10-23-20-17(19-21-23)13-3-5-14(18)6-4-13/h3-6,12,15H,7-11H2,1-2H3/t15-/m1/s1. The Morgan fingerprint density at radius 3 is 2.63 bits per heavy atom. The van der Waals surface area contributed by atoms with E-state index in [1.807, 2.05) is 13.8 Å². The van der Waals surface area contributed by atoms with Crippen LogP contribution in [0, 0.1) is 5.92 Å². The van der Waals surface area contributed by atoms with Crippen molar-refractivity contribution in [2.75, 3.05) is 18.1 Å². The lowest BCUT2D eigenvalue weighted by atomic mass is 10.1. The average molecular weight is 412 g/mol. The minimum Gasteiger partial charge on any atom is -0.337 e. The molecule has 1 aromatic carbocycles. The van der Waals surface area contributed by atoms with Gasteiger partial charge in [-0.25, -0.2) is 8.42 Å². The van der Waals surface area contributed by atoms with E-state index in [-0.39, 0.29) is 35.9 Å². The minimum absolute atomic E-state index is 0.0201. The zero-order valence-electron chi connectivity index (χ0n) is 15.2. The Bertz CT molecular complexity index is 911. The Kier molecular flexibility index (Phi) is 5.81. The number of carbonyl (C=O) groups excluding carboxylic acids is 1. The number of amides is 1. The van der Waals surface area contributed by atoms with Crippen molar-refractivity contribution < 1.29 is 13.2 Å². The molecule has 1 fully saturated rings. The van der Waals surface area contributed by atoms with Gasteiger partial charge in [0.05, 0.1) is 11.5 Å². The molecular formula is C17H22ClN5O3S. The molecular weight excluding hydrogens is 390 g/mol. The second-order valence-electron chi connectivity index (χ2n) is 7.15. The van der Waals surface area contributed by atoms with Gasteiger partial charge in [-0.2, -0.15) is 4.80 Å². The number of benzene rings is 1. The molecule has 10 heteroatoms. The Morgan fingerprint density at radius 2 is 2.04 bits per heavy atom. The van der Waals surface area contributed by atoms with Crippen LogP contribution in [0.3, 0.4) is 0 Å². The van der Waals surface area contributed by atoms with Gasteiger partial charge in [-0.05, 0) is 41.8 Å². The highest BCUT2D eigenvalue weighted by Crippen LogP contribution is 2.20. The van der Waals surface area contributed by atoms with Gasteiger partial charge in [0.2, 0.25) is 11.7 Å². The van der Waals surface area contributed by atoms with Crippen molar-refractivity contribution in [2.45, 2.75) is 32.9 Å². The SMILES string of the molecule is CC(C)CN(C(=O)Cn1nnc(-c2ccc(Cl)cc2)n1)[C@@H]1CCS(=O)(=O)C1. The molecule has 27 heavy (non-hydrogen) atoms. The number of sulfone groups is 1. The zero-order chi connectivity index (χ0) is 19.6. The number of rotatable bonds is 6. The fourth-order valence-corrected chi connectivity index (χ4v) is 4.96. The quantitative estimate of drug-likeness (QED) is 0.717. The summed E-state index contributed by atoms with van der Waals surface area (Å²) in [6.07, 6.45) is 0.474. The molecule has 0 bridgehead atoms. The van der Waals surface area contributed by atoms with Crippen molar-refractivity contribution in [3.05, 3.63) is 29.3 Å². The van der Waals surface area contributed by atoms with Crippen LogP contribution in [-0.2, 0) is 21.2 Å². The fourth-order valence-electron chi connectivity index (χ4n) is 3.11. The molecule has 0 spiro atoms. The molecule has 0 aliphatic carbocycles. The summed E-state index contributed by atoms with van der Waals surface area (Å²) in [7, 11) is -3.07. The lowest BCUT2D eigenvalue weighted by molar-refractivity contribution is -0.134. The first-order valence-electron chi connectivity index (χ1n) is 8.77. The molecule has 2 aromatic rings. The van der Waals surface area contributed by atoms with E-state index < -0.39 is 9.84 Å². The molecule has 1 saturated heterocycles. The van der Waals surface area contributed by atoms with Crippen LogP contribution in [0.4, 0.5) is 0 Å². The third-order valence-corrected chi connectivity index (χ3v) is 6.37. The maximum atomic E-state index is 12.8. The maximum absolute atomic E-state index is 12.8. The summed E-state index contributed by atoms with van der Waals surface area (Å²) in [6.45, 7) is 4.41. The molecule has 1 aromatic heterocycles. The molecule has 3 rings (SSSR count). The number of carbonyl (C=O) groups is 1. The number of hydrogen-bond donors (Lipinski definition) is 0. The van der Waals surface area contributed by atoms with Gasteiger partial charge in [0.25, 0.3) is 0 Å². The average Bonchev–Trinajstić information content (AvgIpc) is 3.19. The molecule has 146 valence electrons. The second-order valence-corrected chi connectivity index (χ2v) is 9.81. The maximum Gasteiger partial charge on any atom is 0.246 e. The van der Waals surface area contributed by atoms with E-state index in [4.69, 9.17) is 11.6 Å². The third-order valence-electron chi connectivity index (χ3n) is 4.36. The summed E-state index contributed by atoms with van der Waals surface area (Å²) >= 11 is 5.88. The van der Waals surface area contributed by atoms with E-state index in [2.05, 4.69) is 15.4 Å². The van der Waals surface area contributed by atoms with Crippen molar-refractivity contribution in [3.63, 3.8) is 0 Å². The molecule has 0 N–H and O–H groups in total. The topological polar surface area (TPSA) is 98.1 Å². The Hall–Kier alpha value is -2.00. The van der Waals surface area contributed by atoms with E-state index in [9.17, 15) is 13.2 Å². The highest BCUT2D eigenvalue weighted by molar-refractivity contribution is 7.91. The smallest absolute Gasteiger partial charge is 0.246 e. The summed E-state index contributed by atoms with van der Waals surface area (Å²) in [4.78, 5) is 15.7. The number of hydrogen-bond acceptors (Lipinski definition) is 6. The van der Waals surface area contributed by atoms with E-state index >= 15 is 0 Å². The van der Waals surface area contributed by atoms with Gasteiger partial charge in [-0.3, -0.25) is 4.79 Å². The van der Waals surface area contributed by atoms with Gasteiger partial charge in [0.15, 0.2) is 9.84 Å². The van der Waals surface area contributed by atoms with Crippen LogP contribution in [-0.4, -0.2) is 63.5 Å². The molecule has 2 heterocycles. The number of tetrazole rings is 1. The van der Waals surface area contributed by atoms with Crippen LogP contribution < -0.4 is 0 Å². The second kappa shape index (κ2) is 7.93. The van der Waals surface area contributed by atoms with Gasteiger partial charge < -0.3 is 4.90 Å². The molecule has 8 nitrogen and oxygen atoms in total. The lowest BCUT2D eigenvalue weighted by Gasteiger charge is -2.29. The summed E-state index contributed by atoms with van der Waals surface area (Å²) < 4.78 is 23.6. The van der Waals surface area contributed by atoms with E-state index in [0.29, 0.717) is 23.8 Å². The van der Waals surface area contributed by atoms with Gasteiger partial charge >= 0.3 is 0 Å². The predicted molar refractivity (Wildman–Crippen MR) is 102 cm³/mol. The zero-order valence-corrected chi connectivity index (χ0v) is 16.8. The van der Waals surface area contributed by atoms with Crippen molar-refractivity contribution in [3.8, 4) is 11.4 Å². The highest BCUT2D eigenvalue weighted by atomic mass is 35.5. The van der Waals surface area contributed by atoms with Crippen LogP contribution in [0.1, 0.15) is 20.3 Å².